The standard InChI is InChI=1S/C21H25N3O4S2/c1-4-5-8-23-18(26)21(30)10-19(2,11-22)16(24(21)17(25)20(23,3)29)13-6-7-14-15(9-13)28-12-27-14/h6-7,9,16,29-30H,4-5,8,10,12H2,1-3H3/t16-,19+,20-,21-/m0/s1. The van der Waals surface area contributed by atoms with Crippen LogP contribution in [0.1, 0.15) is 51.6 Å². The van der Waals surface area contributed by atoms with Gasteiger partial charge < -0.3 is 19.3 Å². The first kappa shape index (κ1) is 21.2. The van der Waals surface area contributed by atoms with E-state index in [0.717, 1.165) is 12.8 Å². The molecular formula is C21H25N3O4S2. The number of unbranched alkanes of at least 4 members (excludes halogenated alkanes) is 1. The minimum absolute atomic E-state index is 0.121. The largest absolute Gasteiger partial charge is 0.454 e. The summed E-state index contributed by atoms with van der Waals surface area (Å²) in [5.41, 5.74) is -0.322. The number of carbonyl (C=O) groups excluding carboxylic acids is 2. The molecule has 1 aromatic rings. The molecule has 0 aliphatic carbocycles. The lowest BCUT2D eigenvalue weighted by Crippen LogP contribution is -2.71. The Kier molecular flexibility index (Phi) is 4.94. The molecular weight excluding hydrogens is 422 g/mol. The van der Waals surface area contributed by atoms with Crippen molar-refractivity contribution in [3.8, 4) is 17.6 Å². The molecule has 2 saturated heterocycles. The third-order valence-electron chi connectivity index (χ3n) is 6.31. The number of thiol groups is 2. The average Bonchev–Trinajstić information content (AvgIpc) is 3.26. The number of nitriles is 1. The minimum atomic E-state index is -1.42. The van der Waals surface area contributed by atoms with Crippen LogP contribution in [-0.2, 0) is 9.59 Å². The van der Waals surface area contributed by atoms with E-state index in [0.29, 0.717) is 23.6 Å². The van der Waals surface area contributed by atoms with E-state index in [2.05, 4.69) is 18.7 Å². The zero-order valence-electron chi connectivity index (χ0n) is 17.2. The summed E-state index contributed by atoms with van der Waals surface area (Å²) in [6.07, 6.45) is 1.75. The fraction of sp³-hybridized carbons (Fsp3) is 0.571. The van der Waals surface area contributed by atoms with Crippen LogP contribution in [0.4, 0.5) is 0 Å². The highest BCUT2D eigenvalue weighted by Crippen LogP contribution is 2.60. The Bertz CT molecular complexity index is 962. The first-order valence-electron chi connectivity index (χ1n) is 10.0. The third-order valence-corrected chi connectivity index (χ3v) is 7.31. The number of carbonyl (C=O) groups is 2. The molecule has 7 nitrogen and oxygen atoms in total. The molecule has 0 bridgehead atoms. The maximum atomic E-state index is 13.7. The summed E-state index contributed by atoms with van der Waals surface area (Å²) in [6, 6.07) is 7.03. The van der Waals surface area contributed by atoms with E-state index < -0.39 is 21.2 Å². The van der Waals surface area contributed by atoms with Crippen LogP contribution in [0.25, 0.3) is 0 Å². The smallest absolute Gasteiger partial charge is 0.260 e. The molecule has 1 aromatic carbocycles. The van der Waals surface area contributed by atoms with Gasteiger partial charge in [-0.25, -0.2) is 0 Å². The molecule has 3 heterocycles. The number of rotatable bonds is 4. The van der Waals surface area contributed by atoms with Gasteiger partial charge in [0, 0.05) is 13.0 Å². The summed E-state index contributed by atoms with van der Waals surface area (Å²) in [5, 5.41) is 10.1. The molecule has 9 heteroatoms. The second-order valence-electron chi connectivity index (χ2n) is 8.54. The lowest BCUT2D eigenvalue weighted by atomic mass is 9.79. The molecule has 0 radical (unpaired) electrons. The predicted molar refractivity (Wildman–Crippen MR) is 116 cm³/mol. The molecule has 0 saturated carbocycles. The predicted octanol–water partition coefficient (Wildman–Crippen LogP) is 3.13. The zero-order chi connectivity index (χ0) is 21.9. The fourth-order valence-electron chi connectivity index (χ4n) is 4.75. The molecule has 0 spiro atoms. The summed E-state index contributed by atoms with van der Waals surface area (Å²) in [6.45, 7) is 5.96. The van der Waals surface area contributed by atoms with E-state index in [4.69, 9.17) is 22.1 Å². The molecule has 2 amide bonds. The van der Waals surface area contributed by atoms with Crippen LogP contribution < -0.4 is 9.47 Å². The lowest BCUT2D eigenvalue weighted by molar-refractivity contribution is -0.165. The normalized spacial score (nSPS) is 34.9. The minimum Gasteiger partial charge on any atom is -0.454 e. The molecule has 0 aromatic heterocycles. The van der Waals surface area contributed by atoms with E-state index in [9.17, 15) is 14.9 Å². The second kappa shape index (κ2) is 6.99. The highest BCUT2D eigenvalue weighted by atomic mass is 32.1. The topological polar surface area (TPSA) is 82.9 Å². The van der Waals surface area contributed by atoms with Crippen LogP contribution in [0.2, 0.25) is 0 Å². The average molecular weight is 448 g/mol. The monoisotopic (exact) mass is 447 g/mol. The maximum Gasteiger partial charge on any atom is 0.260 e. The van der Waals surface area contributed by atoms with Crippen LogP contribution in [0.15, 0.2) is 18.2 Å². The maximum absolute atomic E-state index is 13.7. The van der Waals surface area contributed by atoms with E-state index in [-0.39, 0.29) is 25.0 Å². The second-order valence-corrected chi connectivity index (χ2v) is 10.2. The van der Waals surface area contributed by atoms with Crippen molar-refractivity contribution >= 4 is 37.1 Å². The number of hydrogen-bond acceptors (Lipinski definition) is 7. The van der Waals surface area contributed by atoms with Gasteiger partial charge >= 0.3 is 0 Å². The van der Waals surface area contributed by atoms with Crippen molar-refractivity contribution < 1.29 is 19.1 Å². The van der Waals surface area contributed by atoms with E-state index in [1.54, 1.807) is 26.0 Å². The van der Waals surface area contributed by atoms with Crippen molar-refractivity contribution in [1.29, 1.82) is 5.26 Å². The molecule has 2 fully saturated rings. The van der Waals surface area contributed by atoms with Crippen molar-refractivity contribution in [3.63, 3.8) is 0 Å². The van der Waals surface area contributed by atoms with Gasteiger partial charge in [0.15, 0.2) is 21.2 Å². The number of nitrogens with zero attached hydrogens (tertiary/aromatic N) is 3. The van der Waals surface area contributed by atoms with Gasteiger partial charge in [-0.3, -0.25) is 9.59 Å². The third kappa shape index (κ3) is 2.80. The van der Waals surface area contributed by atoms with Gasteiger partial charge in [0.1, 0.15) is 0 Å². The molecule has 0 unspecified atom stereocenters. The highest BCUT2D eigenvalue weighted by Gasteiger charge is 2.69. The summed E-state index contributed by atoms with van der Waals surface area (Å²) in [4.78, 5) is 27.6. The van der Waals surface area contributed by atoms with Crippen LogP contribution >= 0.6 is 25.3 Å². The van der Waals surface area contributed by atoms with Crippen molar-refractivity contribution in [1.82, 2.24) is 9.80 Å². The molecule has 4 rings (SSSR count). The van der Waals surface area contributed by atoms with Crippen LogP contribution in [0, 0.1) is 16.7 Å². The Hall–Kier alpha value is -2.05. The van der Waals surface area contributed by atoms with Gasteiger partial charge in [0.05, 0.1) is 17.5 Å². The van der Waals surface area contributed by atoms with Crippen molar-refractivity contribution in [2.75, 3.05) is 13.3 Å². The Morgan fingerprint density at radius 2 is 1.90 bits per heavy atom. The number of hydrogen-bond donors (Lipinski definition) is 2. The molecule has 30 heavy (non-hydrogen) atoms. The van der Waals surface area contributed by atoms with E-state index in [1.807, 2.05) is 13.0 Å². The Morgan fingerprint density at radius 3 is 2.57 bits per heavy atom. The summed E-state index contributed by atoms with van der Waals surface area (Å²) >= 11 is 9.37. The first-order valence-corrected chi connectivity index (χ1v) is 10.9. The number of benzene rings is 1. The van der Waals surface area contributed by atoms with Crippen LogP contribution in [-0.4, -0.2) is 44.7 Å². The SMILES string of the molecule is CCCCN1C(=O)[C@@]2(S)C[C@](C)(C#N)[C@H](c3ccc4c(c3)OCO4)N2C(=O)[C@]1(C)S. The summed E-state index contributed by atoms with van der Waals surface area (Å²) in [5.74, 6) is 0.538. The fourth-order valence-corrected chi connectivity index (χ4v) is 5.70. The molecule has 3 aliphatic rings. The van der Waals surface area contributed by atoms with Gasteiger partial charge in [-0.1, -0.05) is 19.4 Å². The van der Waals surface area contributed by atoms with Crippen molar-refractivity contribution in [3.05, 3.63) is 23.8 Å². The molecule has 4 atom stereocenters. The van der Waals surface area contributed by atoms with Gasteiger partial charge in [-0.15, -0.1) is 25.3 Å². The lowest BCUT2D eigenvalue weighted by Gasteiger charge is -2.52. The first-order chi connectivity index (χ1) is 14.1. The van der Waals surface area contributed by atoms with Crippen molar-refractivity contribution in [2.45, 2.75) is 55.8 Å². The van der Waals surface area contributed by atoms with E-state index >= 15 is 0 Å². The van der Waals surface area contributed by atoms with Gasteiger partial charge in [0.2, 0.25) is 6.79 Å². The molecule has 3 aliphatic heterocycles. The van der Waals surface area contributed by atoms with Gasteiger partial charge in [-0.05, 0) is 38.0 Å². The van der Waals surface area contributed by atoms with Gasteiger partial charge in [0.25, 0.3) is 11.8 Å². The highest BCUT2D eigenvalue weighted by molar-refractivity contribution is 7.83. The molecule has 0 N–H and O–H groups in total. The molecule has 160 valence electrons. The zero-order valence-corrected chi connectivity index (χ0v) is 19.0. The Balaban J connectivity index is 1.84. The number of amides is 2. The van der Waals surface area contributed by atoms with E-state index in [1.165, 1.54) is 9.80 Å². The number of piperazine rings is 1. The van der Waals surface area contributed by atoms with Crippen molar-refractivity contribution in [2.24, 2.45) is 5.41 Å². The number of ether oxygens (including phenoxy) is 2. The van der Waals surface area contributed by atoms with Crippen LogP contribution in [0.3, 0.4) is 0 Å². The Labute approximate surface area is 187 Å². The van der Waals surface area contributed by atoms with Crippen LogP contribution in [0.5, 0.6) is 11.5 Å². The summed E-state index contributed by atoms with van der Waals surface area (Å²) < 4.78 is 10.9. The number of fused-ring (bicyclic) bond motifs is 2. The quantitative estimate of drug-likeness (QED) is 0.693. The Morgan fingerprint density at radius 1 is 1.20 bits per heavy atom. The van der Waals surface area contributed by atoms with Gasteiger partial charge in [-0.2, -0.15) is 5.26 Å². The summed E-state index contributed by atoms with van der Waals surface area (Å²) in [7, 11) is 0.